The second-order valence-electron chi connectivity index (χ2n) is 5.70. The molecule has 0 aliphatic carbocycles. The molecule has 1 amide bonds. The number of nitrogens with two attached hydrogens (primary N) is 1. The maximum absolute atomic E-state index is 14.2. The highest BCUT2D eigenvalue weighted by molar-refractivity contribution is 5.92. The summed E-state index contributed by atoms with van der Waals surface area (Å²) < 4.78 is 33.1. The Bertz CT molecular complexity index is 792. The van der Waals surface area contributed by atoms with Crippen molar-refractivity contribution >= 4 is 5.91 Å². The highest BCUT2D eigenvalue weighted by atomic mass is 19.1. The highest BCUT2D eigenvalue weighted by Gasteiger charge is 2.28. The van der Waals surface area contributed by atoms with Crippen molar-refractivity contribution < 1.29 is 18.3 Å². The molecule has 2 N–H and O–H groups in total. The fraction of sp³-hybridized carbons (Fsp3) is 0.294. The SMILES string of the molecule is C[C@H]1Cc2c(-c3ccc(F)cc3F)cc(C(N)=O)nc2[C@@H](C)O1. The van der Waals surface area contributed by atoms with Crippen LogP contribution in [-0.4, -0.2) is 17.0 Å². The van der Waals surface area contributed by atoms with Gasteiger partial charge >= 0.3 is 0 Å². The van der Waals surface area contributed by atoms with E-state index in [1.165, 1.54) is 18.2 Å². The molecular weight excluding hydrogens is 302 g/mol. The summed E-state index contributed by atoms with van der Waals surface area (Å²) in [6.07, 6.45) is 0.119. The standard InChI is InChI=1S/C17H16F2N2O2/c1-8-5-13-12(11-4-3-10(18)6-14(11)19)7-15(17(20)22)21-16(13)9(2)23-8/h3-4,6-9H,5H2,1-2H3,(H2,20,22)/t8-,9+/m0/s1. The van der Waals surface area contributed by atoms with E-state index in [4.69, 9.17) is 10.5 Å². The van der Waals surface area contributed by atoms with Crippen LogP contribution in [-0.2, 0) is 11.2 Å². The van der Waals surface area contributed by atoms with Crippen molar-refractivity contribution in [2.24, 2.45) is 5.73 Å². The van der Waals surface area contributed by atoms with Gasteiger partial charge in [-0.15, -0.1) is 0 Å². The van der Waals surface area contributed by atoms with Crippen LogP contribution in [0.4, 0.5) is 8.78 Å². The number of nitrogens with zero attached hydrogens (tertiary/aromatic N) is 1. The predicted octanol–water partition coefficient (Wildman–Crippen LogP) is 3.15. The molecule has 1 aromatic carbocycles. The van der Waals surface area contributed by atoms with E-state index in [0.29, 0.717) is 17.7 Å². The van der Waals surface area contributed by atoms with Crippen LogP contribution in [0.5, 0.6) is 0 Å². The van der Waals surface area contributed by atoms with Gasteiger partial charge in [0.1, 0.15) is 17.3 Å². The summed E-state index contributed by atoms with van der Waals surface area (Å²) in [5.74, 6) is -2.06. The first-order chi connectivity index (χ1) is 10.9. The third-order valence-corrected chi connectivity index (χ3v) is 3.94. The van der Waals surface area contributed by atoms with Crippen LogP contribution in [0.3, 0.4) is 0 Å². The van der Waals surface area contributed by atoms with Gasteiger partial charge in [-0.25, -0.2) is 13.8 Å². The average molecular weight is 318 g/mol. The molecule has 23 heavy (non-hydrogen) atoms. The zero-order valence-corrected chi connectivity index (χ0v) is 12.8. The summed E-state index contributed by atoms with van der Waals surface area (Å²) in [7, 11) is 0. The molecule has 2 atom stereocenters. The van der Waals surface area contributed by atoms with Gasteiger partial charge in [-0.05, 0) is 43.2 Å². The molecular formula is C17H16F2N2O2. The number of primary amides is 1. The first-order valence-corrected chi connectivity index (χ1v) is 7.31. The molecule has 120 valence electrons. The number of carbonyl (C=O) groups is 1. The van der Waals surface area contributed by atoms with E-state index in [2.05, 4.69) is 4.98 Å². The minimum atomic E-state index is -0.706. The number of hydrogen-bond acceptors (Lipinski definition) is 3. The van der Waals surface area contributed by atoms with Crippen molar-refractivity contribution in [3.63, 3.8) is 0 Å². The third kappa shape index (κ3) is 2.82. The second kappa shape index (κ2) is 5.70. The van der Waals surface area contributed by atoms with Crippen molar-refractivity contribution in [2.45, 2.75) is 32.5 Å². The highest BCUT2D eigenvalue weighted by Crippen LogP contribution is 2.36. The van der Waals surface area contributed by atoms with E-state index < -0.39 is 17.5 Å². The third-order valence-electron chi connectivity index (χ3n) is 3.94. The summed E-state index contributed by atoms with van der Waals surface area (Å²) in [5.41, 5.74) is 7.45. The largest absolute Gasteiger partial charge is 0.369 e. The van der Waals surface area contributed by atoms with Crippen molar-refractivity contribution in [3.8, 4) is 11.1 Å². The lowest BCUT2D eigenvalue weighted by molar-refractivity contribution is -0.00740. The molecule has 0 bridgehead atoms. The monoisotopic (exact) mass is 318 g/mol. The van der Waals surface area contributed by atoms with Crippen LogP contribution in [0.25, 0.3) is 11.1 Å². The van der Waals surface area contributed by atoms with Gasteiger partial charge in [0.25, 0.3) is 5.91 Å². The molecule has 0 spiro atoms. The van der Waals surface area contributed by atoms with Crippen LogP contribution < -0.4 is 5.73 Å². The van der Waals surface area contributed by atoms with Gasteiger partial charge < -0.3 is 10.5 Å². The number of benzene rings is 1. The molecule has 1 aliphatic heterocycles. The molecule has 1 aliphatic rings. The fourth-order valence-electron chi connectivity index (χ4n) is 2.97. The van der Waals surface area contributed by atoms with Gasteiger partial charge in [0, 0.05) is 18.1 Å². The summed E-state index contributed by atoms with van der Waals surface area (Å²) in [4.78, 5) is 15.8. The van der Waals surface area contributed by atoms with E-state index >= 15 is 0 Å². The molecule has 0 saturated carbocycles. The molecule has 1 aromatic heterocycles. The number of hydrogen-bond donors (Lipinski definition) is 1. The Morgan fingerprint density at radius 1 is 1.26 bits per heavy atom. The smallest absolute Gasteiger partial charge is 0.267 e. The summed E-state index contributed by atoms with van der Waals surface area (Å²) >= 11 is 0. The van der Waals surface area contributed by atoms with E-state index in [-0.39, 0.29) is 23.5 Å². The van der Waals surface area contributed by atoms with Crippen molar-refractivity contribution in [1.29, 1.82) is 0 Å². The fourth-order valence-corrected chi connectivity index (χ4v) is 2.97. The number of halogens is 2. The van der Waals surface area contributed by atoms with Crippen molar-refractivity contribution in [3.05, 3.63) is 52.9 Å². The van der Waals surface area contributed by atoms with Gasteiger partial charge in [0.05, 0.1) is 17.9 Å². The number of aromatic nitrogens is 1. The molecule has 2 aromatic rings. The lowest BCUT2D eigenvalue weighted by atomic mass is 9.90. The topological polar surface area (TPSA) is 65.2 Å². The van der Waals surface area contributed by atoms with E-state index in [1.807, 2.05) is 13.8 Å². The molecule has 0 unspecified atom stereocenters. The Morgan fingerprint density at radius 2 is 2.00 bits per heavy atom. The number of pyridine rings is 1. The maximum atomic E-state index is 14.2. The lowest BCUT2D eigenvalue weighted by Gasteiger charge is -2.29. The van der Waals surface area contributed by atoms with Gasteiger partial charge in [-0.3, -0.25) is 4.79 Å². The number of amides is 1. The quantitative estimate of drug-likeness (QED) is 0.925. The van der Waals surface area contributed by atoms with Crippen LogP contribution in [0.1, 0.15) is 41.7 Å². The van der Waals surface area contributed by atoms with Gasteiger partial charge in [-0.2, -0.15) is 0 Å². The van der Waals surface area contributed by atoms with E-state index in [9.17, 15) is 13.6 Å². The van der Waals surface area contributed by atoms with Gasteiger partial charge in [-0.1, -0.05) is 0 Å². The first kappa shape index (κ1) is 15.6. The van der Waals surface area contributed by atoms with Crippen molar-refractivity contribution in [1.82, 2.24) is 4.98 Å². The zero-order chi connectivity index (χ0) is 16.7. The Kier molecular flexibility index (Phi) is 3.85. The Hall–Kier alpha value is -2.34. The van der Waals surface area contributed by atoms with Crippen LogP contribution in [0.2, 0.25) is 0 Å². The molecule has 0 saturated heterocycles. The Labute approximate surface area is 132 Å². The van der Waals surface area contributed by atoms with Crippen LogP contribution >= 0.6 is 0 Å². The second-order valence-corrected chi connectivity index (χ2v) is 5.70. The minimum absolute atomic E-state index is 0.0347. The summed E-state index contributed by atoms with van der Waals surface area (Å²) in [5, 5.41) is 0. The van der Waals surface area contributed by atoms with Gasteiger partial charge in [0.15, 0.2) is 0 Å². The molecule has 6 heteroatoms. The average Bonchev–Trinajstić information content (AvgIpc) is 2.46. The molecule has 2 heterocycles. The Balaban J connectivity index is 2.28. The van der Waals surface area contributed by atoms with Gasteiger partial charge in [0.2, 0.25) is 0 Å². The van der Waals surface area contributed by atoms with E-state index in [0.717, 1.165) is 11.6 Å². The minimum Gasteiger partial charge on any atom is -0.369 e. The van der Waals surface area contributed by atoms with Crippen LogP contribution in [0, 0.1) is 11.6 Å². The summed E-state index contributed by atoms with van der Waals surface area (Å²) in [6.45, 7) is 3.73. The lowest BCUT2D eigenvalue weighted by Crippen LogP contribution is -2.26. The number of rotatable bonds is 2. The normalized spacial score (nSPS) is 20.2. The molecule has 4 nitrogen and oxygen atoms in total. The zero-order valence-electron chi connectivity index (χ0n) is 12.8. The van der Waals surface area contributed by atoms with Crippen LogP contribution in [0.15, 0.2) is 24.3 Å². The molecule has 3 rings (SSSR count). The molecule has 0 fully saturated rings. The van der Waals surface area contributed by atoms with Crippen molar-refractivity contribution in [2.75, 3.05) is 0 Å². The van der Waals surface area contributed by atoms with E-state index in [1.54, 1.807) is 0 Å². The Morgan fingerprint density at radius 3 is 2.65 bits per heavy atom. The maximum Gasteiger partial charge on any atom is 0.267 e. The summed E-state index contributed by atoms with van der Waals surface area (Å²) in [6, 6.07) is 4.82. The number of fused-ring (bicyclic) bond motifs is 1. The molecule has 0 radical (unpaired) electrons. The number of carbonyl (C=O) groups excluding carboxylic acids is 1. The number of ether oxygens (including phenoxy) is 1. The predicted molar refractivity (Wildman–Crippen MR) is 80.8 cm³/mol. The first-order valence-electron chi connectivity index (χ1n) is 7.31.